The maximum absolute atomic E-state index is 12.8. The lowest BCUT2D eigenvalue weighted by Crippen LogP contribution is -2.44. The predicted molar refractivity (Wildman–Crippen MR) is 84.0 cm³/mol. The Morgan fingerprint density at radius 3 is 2.55 bits per heavy atom. The molecule has 2 N–H and O–H groups in total. The zero-order valence-corrected chi connectivity index (χ0v) is 12.8. The van der Waals surface area contributed by atoms with Crippen molar-refractivity contribution in [2.45, 2.75) is 46.0 Å². The van der Waals surface area contributed by atoms with E-state index in [1.807, 2.05) is 18.2 Å². The van der Waals surface area contributed by atoms with E-state index in [2.05, 4.69) is 37.5 Å². The highest BCUT2D eigenvalue weighted by Gasteiger charge is 2.37. The van der Waals surface area contributed by atoms with Crippen molar-refractivity contribution in [3.63, 3.8) is 0 Å². The normalized spacial score (nSPS) is 18.0. The Bertz CT molecular complexity index is 462. The summed E-state index contributed by atoms with van der Waals surface area (Å²) in [6.45, 7) is 8.32. The molecule has 2 rings (SSSR count). The molecule has 1 amide bonds. The molecule has 0 saturated carbocycles. The van der Waals surface area contributed by atoms with Crippen molar-refractivity contribution in [2.75, 3.05) is 18.4 Å². The second-order valence-corrected chi connectivity index (χ2v) is 6.08. The van der Waals surface area contributed by atoms with Crippen molar-refractivity contribution in [1.29, 1.82) is 0 Å². The molecular weight excluding hydrogens is 248 g/mol. The molecule has 0 aromatic heterocycles. The summed E-state index contributed by atoms with van der Waals surface area (Å²) in [7, 11) is 0. The number of nitrogens with one attached hydrogen (secondary N) is 2. The van der Waals surface area contributed by atoms with Gasteiger partial charge < -0.3 is 10.6 Å². The van der Waals surface area contributed by atoms with Gasteiger partial charge in [0, 0.05) is 5.69 Å². The molecular formula is C17H26N2O. The van der Waals surface area contributed by atoms with Gasteiger partial charge in [0.15, 0.2) is 0 Å². The van der Waals surface area contributed by atoms with Crippen LogP contribution in [0.1, 0.15) is 51.5 Å². The van der Waals surface area contributed by atoms with E-state index in [-0.39, 0.29) is 11.3 Å². The lowest BCUT2D eigenvalue weighted by Gasteiger charge is -2.35. The number of carbonyl (C=O) groups excluding carboxylic acids is 1. The van der Waals surface area contributed by atoms with E-state index in [4.69, 9.17) is 0 Å². The third kappa shape index (κ3) is 3.04. The van der Waals surface area contributed by atoms with Crippen LogP contribution in [-0.4, -0.2) is 19.0 Å². The maximum atomic E-state index is 12.8. The van der Waals surface area contributed by atoms with Gasteiger partial charge in [0.05, 0.1) is 5.41 Å². The Hall–Kier alpha value is -1.35. The number of carbonyl (C=O) groups is 1. The molecule has 20 heavy (non-hydrogen) atoms. The monoisotopic (exact) mass is 274 g/mol. The second-order valence-electron chi connectivity index (χ2n) is 6.08. The fourth-order valence-corrected chi connectivity index (χ4v) is 3.02. The molecule has 3 heteroatoms. The van der Waals surface area contributed by atoms with Crippen LogP contribution in [0.4, 0.5) is 5.69 Å². The minimum absolute atomic E-state index is 0.189. The van der Waals surface area contributed by atoms with Gasteiger partial charge >= 0.3 is 0 Å². The summed E-state index contributed by atoms with van der Waals surface area (Å²) in [5, 5.41) is 6.53. The molecule has 1 aliphatic rings. The molecule has 0 aliphatic carbocycles. The first-order chi connectivity index (χ1) is 9.59. The van der Waals surface area contributed by atoms with Crippen LogP contribution in [0.25, 0.3) is 0 Å². The van der Waals surface area contributed by atoms with Crippen molar-refractivity contribution in [2.24, 2.45) is 5.41 Å². The molecule has 0 atom stereocenters. The first-order valence-corrected chi connectivity index (χ1v) is 7.70. The fourth-order valence-electron chi connectivity index (χ4n) is 3.02. The molecule has 1 aromatic carbocycles. The fraction of sp³-hybridized carbons (Fsp3) is 0.588. The van der Waals surface area contributed by atoms with Gasteiger partial charge in [-0.3, -0.25) is 4.79 Å². The highest BCUT2D eigenvalue weighted by Crippen LogP contribution is 2.35. The van der Waals surface area contributed by atoms with E-state index < -0.39 is 0 Å². The Kier molecular flexibility index (Phi) is 4.81. The Morgan fingerprint density at radius 1 is 1.30 bits per heavy atom. The van der Waals surface area contributed by atoms with Gasteiger partial charge in [-0.15, -0.1) is 0 Å². The molecule has 0 unspecified atom stereocenters. The first kappa shape index (κ1) is 15.0. The van der Waals surface area contributed by atoms with Gasteiger partial charge in [-0.1, -0.05) is 39.0 Å². The first-order valence-electron chi connectivity index (χ1n) is 7.70. The van der Waals surface area contributed by atoms with Crippen LogP contribution in [-0.2, 0) is 4.79 Å². The number of anilines is 1. The Labute approximate surface area is 122 Å². The van der Waals surface area contributed by atoms with E-state index in [1.165, 1.54) is 5.56 Å². The largest absolute Gasteiger partial charge is 0.325 e. The van der Waals surface area contributed by atoms with Crippen LogP contribution < -0.4 is 10.6 Å². The van der Waals surface area contributed by atoms with E-state index in [9.17, 15) is 4.79 Å². The van der Waals surface area contributed by atoms with Gasteiger partial charge in [-0.25, -0.2) is 0 Å². The van der Waals surface area contributed by atoms with Crippen molar-refractivity contribution in [1.82, 2.24) is 5.32 Å². The summed E-state index contributed by atoms with van der Waals surface area (Å²) < 4.78 is 0. The number of benzene rings is 1. The summed E-state index contributed by atoms with van der Waals surface area (Å²) in [4.78, 5) is 12.8. The zero-order chi connectivity index (χ0) is 14.6. The van der Waals surface area contributed by atoms with Crippen molar-refractivity contribution >= 4 is 11.6 Å². The number of piperidine rings is 1. The molecule has 0 bridgehead atoms. The van der Waals surface area contributed by atoms with Gasteiger partial charge in [0.1, 0.15) is 0 Å². The second kappa shape index (κ2) is 6.40. The Balaban J connectivity index is 2.18. The lowest BCUT2D eigenvalue weighted by molar-refractivity contribution is -0.127. The highest BCUT2D eigenvalue weighted by molar-refractivity contribution is 5.96. The van der Waals surface area contributed by atoms with Gasteiger partial charge in [-0.05, 0) is 49.9 Å². The van der Waals surface area contributed by atoms with Crippen molar-refractivity contribution < 1.29 is 4.79 Å². The standard InChI is InChI=1S/C17H26N2O/c1-4-17(9-11-18-12-10-17)16(20)19-15-8-6-5-7-14(15)13(2)3/h5-8,13,18H,4,9-12H2,1-3H3,(H,19,20). The predicted octanol–water partition coefficient (Wildman–Crippen LogP) is 3.53. The molecule has 1 saturated heterocycles. The summed E-state index contributed by atoms with van der Waals surface area (Å²) in [5.74, 6) is 0.603. The number of amides is 1. The summed E-state index contributed by atoms with van der Waals surface area (Å²) in [5.41, 5.74) is 1.98. The number of para-hydroxylation sites is 1. The molecule has 1 heterocycles. The molecule has 1 fully saturated rings. The third-order valence-electron chi connectivity index (χ3n) is 4.55. The van der Waals surface area contributed by atoms with Crippen LogP contribution in [0.2, 0.25) is 0 Å². The van der Waals surface area contributed by atoms with Crippen molar-refractivity contribution in [3.05, 3.63) is 29.8 Å². The van der Waals surface area contributed by atoms with Crippen LogP contribution in [0, 0.1) is 5.41 Å². The SMILES string of the molecule is CCC1(C(=O)Nc2ccccc2C(C)C)CCNCC1. The lowest BCUT2D eigenvalue weighted by atomic mass is 9.75. The molecule has 1 aromatic rings. The van der Waals surface area contributed by atoms with Crippen LogP contribution >= 0.6 is 0 Å². The molecule has 0 radical (unpaired) electrons. The van der Waals surface area contributed by atoms with Gasteiger partial charge in [-0.2, -0.15) is 0 Å². The van der Waals surface area contributed by atoms with Crippen LogP contribution in [0.15, 0.2) is 24.3 Å². The van der Waals surface area contributed by atoms with E-state index in [0.29, 0.717) is 5.92 Å². The topological polar surface area (TPSA) is 41.1 Å². The smallest absolute Gasteiger partial charge is 0.230 e. The average molecular weight is 274 g/mol. The van der Waals surface area contributed by atoms with Gasteiger partial charge in [0.25, 0.3) is 0 Å². The van der Waals surface area contributed by atoms with Crippen LogP contribution in [0.5, 0.6) is 0 Å². The van der Waals surface area contributed by atoms with E-state index in [1.54, 1.807) is 0 Å². The number of hydrogen-bond donors (Lipinski definition) is 2. The average Bonchev–Trinajstić information content (AvgIpc) is 2.48. The molecule has 3 nitrogen and oxygen atoms in total. The van der Waals surface area contributed by atoms with Crippen molar-refractivity contribution in [3.8, 4) is 0 Å². The van der Waals surface area contributed by atoms with Crippen LogP contribution in [0.3, 0.4) is 0 Å². The maximum Gasteiger partial charge on any atom is 0.230 e. The molecule has 0 spiro atoms. The highest BCUT2D eigenvalue weighted by atomic mass is 16.2. The summed E-state index contributed by atoms with van der Waals surface area (Å²) in [6, 6.07) is 8.13. The Morgan fingerprint density at radius 2 is 1.95 bits per heavy atom. The minimum atomic E-state index is -0.199. The quantitative estimate of drug-likeness (QED) is 0.882. The molecule has 110 valence electrons. The number of hydrogen-bond acceptors (Lipinski definition) is 2. The number of rotatable bonds is 4. The summed E-state index contributed by atoms with van der Waals surface area (Å²) in [6.07, 6.45) is 2.77. The summed E-state index contributed by atoms with van der Waals surface area (Å²) >= 11 is 0. The zero-order valence-electron chi connectivity index (χ0n) is 12.8. The molecule has 1 aliphatic heterocycles. The van der Waals surface area contributed by atoms with Gasteiger partial charge in [0.2, 0.25) is 5.91 Å². The van der Waals surface area contributed by atoms with E-state index in [0.717, 1.165) is 38.0 Å². The van der Waals surface area contributed by atoms with E-state index >= 15 is 0 Å². The third-order valence-corrected chi connectivity index (χ3v) is 4.55. The minimum Gasteiger partial charge on any atom is -0.325 e.